The average molecular weight is 249 g/mol. The molecule has 0 bridgehead atoms. The number of carbonyl (C=O) groups is 1. The van der Waals surface area contributed by atoms with Crippen LogP contribution in [0.3, 0.4) is 0 Å². The van der Waals surface area contributed by atoms with Gasteiger partial charge in [0.05, 0.1) is 17.5 Å². The third-order valence-corrected chi connectivity index (χ3v) is 4.61. The maximum atomic E-state index is 11.8. The second-order valence-electron chi connectivity index (χ2n) is 3.92. The van der Waals surface area contributed by atoms with E-state index in [2.05, 4.69) is 0 Å². The quantitative estimate of drug-likeness (QED) is 0.427. The summed E-state index contributed by atoms with van der Waals surface area (Å²) in [7, 11) is -3.01. The average Bonchev–Trinajstić information content (AvgIpc) is 2.59. The zero-order valence-corrected chi connectivity index (χ0v) is 10.5. The molecule has 0 aromatic rings. The van der Waals surface area contributed by atoms with E-state index in [9.17, 15) is 13.2 Å². The first-order valence-electron chi connectivity index (χ1n) is 5.44. The van der Waals surface area contributed by atoms with Gasteiger partial charge in [0.25, 0.3) is 0 Å². The van der Waals surface area contributed by atoms with Crippen molar-refractivity contribution in [2.45, 2.75) is 26.3 Å². The summed E-state index contributed by atoms with van der Waals surface area (Å²) < 4.78 is 22.5. The Hall–Kier alpha value is -0.820. The van der Waals surface area contributed by atoms with E-state index in [4.69, 9.17) is 5.84 Å². The molecule has 0 aromatic carbocycles. The number of sulfone groups is 1. The predicted molar refractivity (Wildman–Crippen MR) is 61.4 cm³/mol. The van der Waals surface area contributed by atoms with Crippen molar-refractivity contribution >= 4 is 15.9 Å². The Bertz CT molecular complexity index is 351. The van der Waals surface area contributed by atoms with Crippen LogP contribution in [0.4, 0.5) is 4.79 Å². The number of hydrogen-bond donors (Lipinski definition) is 1. The lowest BCUT2D eigenvalue weighted by molar-refractivity contribution is 0.142. The van der Waals surface area contributed by atoms with Gasteiger partial charge >= 0.3 is 6.03 Å². The Labute approximate surface area is 96.3 Å². The molecule has 0 aliphatic carbocycles. The van der Waals surface area contributed by atoms with Crippen molar-refractivity contribution in [3.8, 4) is 0 Å². The highest BCUT2D eigenvalue weighted by atomic mass is 32.2. The highest BCUT2D eigenvalue weighted by Crippen LogP contribution is 2.16. The molecular weight excluding hydrogens is 230 g/mol. The normalized spacial score (nSPS) is 23.1. The van der Waals surface area contributed by atoms with Gasteiger partial charge < -0.3 is 4.90 Å². The van der Waals surface area contributed by atoms with Crippen molar-refractivity contribution in [1.82, 2.24) is 9.91 Å². The molecule has 0 radical (unpaired) electrons. The van der Waals surface area contributed by atoms with Crippen molar-refractivity contribution in [2.75, 3.05) is 24.6 Å². The van der Waals surface area contributed by atoms with Crippen LogP contribution in [-0.4, -0.2) is 55.0 Å². The molecule has 1 atom stereocenters. The fourth-order valence-corrected chi connectivity index (χ4v) is 3.52. The fraction of sp³-hybridized carbons (Fsp3) is 0.889. The summed E-state index contributed by atoms with van der Waals surface area (Å²) in [6, 6.07) is -0.676. The summed E-state index contributed by atoms with van der Waals surface area (Å²) in [5, 5.41) is 1.07. The Morgan fingerprint density at radius 1 is 1.38 bits per heavy atom. The second kappa shape index (κ2) is 5.01. The molecule has 1 rings (SSSR count). The van der Waals surface area contributed by atoms with E-state index >= 15 is 0 Å². The van der Waals surface area contributed by atoms with Gasteiger partial charge in [0.15, 0.2) is 9.84 Å². The first kappa shape index (κ1) is 13.2. The van der Waals surface area contributed by atoms with Crippen LogP contribution < -0.4 is 5.84 Å². The number of urea groups is 1. The van der Waals surface area contributed by atoms with E-state index in [1.807, 2.05) is 13.8 Å². The van der Waals surface area contributed by atoms with Crippen LogP contribution in [0.5, 0.6) is 0 Å². The van der Waals surface area contributed by atoms with Gasteiger partial charge in [-0.3, -0.25) is 5.01 Å². The standard InChI is InChI=1S/C9H19N3O3S/c1-3-11(4-2)9(13)12(10)8-5-6-16(14,15)7-8/h8H,3-7,10H2,1-2H3. The molecule has 1 saturated heterocycles. The maximum absolute atomic E-state index is 11.8. The van der Waals surface area contributed by atoms with Crippen LogP contribution in [0.2, 0.25) is 0 Å². The zero-order valence-electron chi connectivity index (χ0n) is 9.72. The van der Waals surface area contributed by atoms with Crippen LogP contribution in [0.1, 0.15) is 20.3 Å². The number of hydrogen-bond acceptors (Lipinski definition) is 4. The minimum Gasteiger partial charge on any atom is -0.324 e. The number of nitrogens with zero attached hydrogens (tertiary/aromatic N) is 2. The molecule has 7 heteroatoms. The zero-order chi connectivity index (χ0) is 12.3. The predicted octanol–water partition coefficient (Wildman–Crippen LogP) is -0.189. The van der Waals surface area contributed by atoms with Crippen LogP contribution in [0.25, 0.3) is 0 Å². The summed E-state index contributed by atoms with van der Waals surface area (Å²) in [5.74, 6) is 5.78. The van der Waals surface area contributed by atoms with E-state index in [-0.39, 0.29) is 23.6 Å². The summed E-state index contributed by atoms with van der Waals surface area (Å²) in [4.78, 5) is 13.4. The molecule has 2 N–H and O–H groups in total. The van der Waals surface area contributed by atoms with Gasteiger partial charge in [-0.2, -0.15) is 0 Å². The third-order valence-electron chi connectivity index (χ3n) is 2.86. The van der Waals surface area contributed by atoms with Gasteiger partial charge in [-0.25, -0.2) is 19.1 Å². The highest BCUT2D eigenvalue weighted by molar-refractivity contribution is 7.91. The molecule has 0 spiro atoms. The maximum Gasteiger partial charge on any atom is 0.334 e. The number of rotatable bonds is 3. The van der Waals surface area contributed by atoms with Crippen molar-refractivity contribution in [1.29, 1.82) is 0 Å². The Morgan fingerprint density at radius 3 is 2.31 bits per heavy atom. The van der Waals surface area contributed by atoms with Crippen molar-refractivity contribution in [2.24, 2.45) is 5.84 Å². The first-order chi connectivity index (χ1) is 7.41. The van der Waals surface area contributed by atoms with Gasteiger partial charge in [0.2, 0.25) is 0 Å². The molecule has 1 aliphatic heterocycles. The summed E-state index contributed by atoms with van der Waals surface area (Å²) in [6.45, 7) is 4.87. The molecule has 16 heavy (non-hydrogen) atoms. The summed E-state index contributed by atoms with van der Waals surface area (Å²) in [6.07, 6.45) is 0.436. The molecule has 94 valence electrons. The molecule has 1 aliphatic rings. The first-order valence-corrected chi connectivity index (χ1v) is 7.26. The summed E-state index contributed by atoms with van der Waals surface area (Å²) in [5.41, 5.74) is 0. The van der Waals surface area contributed by atoms with Crippen molar-refractivity contribution in [3.05, 3.63) is 0 Å². The lowest BCUT2D eigenvalue weighted by Crippen LogP contribution is -2.52. The van der Waals surface area contributed by atoms with Gasteiger partial charge in [-0.15, -0.1) is 0 Å². The van der Waals surface area contributed by atoms with E-state index in [1.54, 1.807) is 4.90 Å². The fourth-order valence-electron chi connectivity index (χ4n) is 1.81. The Balaban J connectivity index is 2.65. The summed E-state index contributed by atoms with van der Waals surface area (Å²) >= 11 is 0. The number of amides is 2. The topological polar surface area (TPSA) is 83.7 Å². The smallest absolute Gasteiger partial charge is 0.324 e. The minimum absolute atomic E-state index is 0.0174. The molecule has 2 amide bonds. The molecule has 6 nitrogen and oxygen atoms in total. The van der Waals surface area contributed by atoms with E-state index in [0.29, 0.717) is 19.5 Å². The molecule has 0 saturated carbocycles. The number of carbonyl (C=O) groups excluding carboxylic acids is 1. The molecule has 0 aromatic heterocycles. The molecule has 1 heterocycles. The minimum atomic E-state index is -3.01. The van der Waals surface area contributed by atoms with Crippen molar-refractivity contribution < 1.29 is 13.2 Å². The second-order valence-corrected chi connectivity index (χ2v) is 6.15. The number of nitrogens with two attached hydrogens (primary N) is 1. The Kier molecular flexibility index (Phi) is 4.15. The van der Waals surface area contributed by atoms with E-state index in [1.165, 1.54) is 0 Å². The lowest BCUT2D eigenvalue weighted by Gasteiger charge is -2.29. The van der Waals surface area contributed by atoms with Crippen molar-refractivity contribution in [3.63, 3.8) is 0 Å². The molecular formula is C9H19N3O3S. The SMILES string of the molecule is CCN(CC)C(=O)N(N)C1CCS(=O)(=O)C1. The van der Waals surface area contributed by atoms with Crippen LogP contribution in [0, 0.1) is 0 Å². The van der Waals surface area contributed by atoms with Gasteiger partial charge in [0.1, 0.15) is 0 Å². The molecule has 1 unspecified atom stereocenters. The Morgan fingerprint density at radius 2 is 1.94 bits per heavy atom. The van der Waals surface area contributed by atoms with Gasteiger partial charge in [-0.05, 0) is 20.3 Å². The number of hydrazine groups is 1. The van der Waals surface area contributed by atoms with Gasteiger partial charge in [0, 0.05) is 13.1 Å². The van der Waals surface area contributed by atoms with Gasteiger partial charge in [-0.1, -0.05) is 0 Å². The monoisotopic (exact) mass is 249 g/mol. The van der Waals surface area contributed by atoms with E-state index < -0.39 is 9.84 Å². The largest absolute Gasteiger partial charge is 0.334 e. The van der Waals surface area contributed by atoms with Crippen LogP contribution in [-0.2, 0) is 9.84 Å². The lowest BCUT2D eigenvalue weighted by atomic mass is 10.2. The van der Waals surface area contributed by atoms with Crippen LogP contribution >= 0.6 is 0 Å². The molecule has 1 fully saturated rings. The van der Waals surface area contributed by atoms with Crippen LogP contribution in [0.15, 0.2) is 0 Å². The highest BCUT2D eigenvalue weighted by Gasteiger charge is 2.34. The van der Waals surface area contributed by atoms with E-state index in [0.717, 1.165) is 5.01 Å². The third kappa shape index (κ3) is 2.85.